The molecule has 0 saturated heterocycles. The molecule has 2 aromatic rings. The van der Waals surface area contributed by atoms with Crippen molar-refractivity contribution in [2.75, 3.05) is 11.3 Å². The van der Waals surface area contributed by atoms with E-state index in [1.54, 1.807) is 32.0 Å². The number of ether oxygens (including phenoxy) is 1. The van der Waals surface area contributed by atoms with Gasteiger partial charge in [0, 0.05) is 0 Å². The third kappa shape index (κ3) is 2.93. The Morgan fingerprint density at radius 1 is 1.35 bits per heavy atom. The predicted octanol–water partition coefficient (Wildman–Crippen LogP) is 2.49. The molecule has 7 heteroatoms. The van der Waals surface area contributed by atoms with Crippen molar-refractivity contribution in [3.63, 3.8) is 0 Å². The lowest BCUT2D eigenvalue weighted by Crippen LogP contribution is -2.14. The second kappa shape index (κ2) is 5.54. The number of rotatable bonds is 5. The van der Waals surface area contributed by atoms with Gasteiger partial charge in [0.25, 0.3) is 10.0 Å². The lowest BCUT2D eigenvalue weighted by molar-refractivity contribution is 0.340. The van der Waals surface area contributed by atoms with E-state index in [1.807, 2.05) is 6.92 Å². The molecule has 1 N–H and O–H groups in total. The summed E-state index contributed by atoms with van der Waals surface area (Å²) in [5, 5.41) is 3.57. The van der Waals surface area contributed by atoms with Crippen LogP contribution < -0.4 is 9.46 Å². The van der Waals surface area contributed by atoms with E-state index in [4.69, 9.17) is 4.74 Å². The van der Waals surface area contributed by atoms with Crippen LogP contribution in [0.5, 0.6) is 5.75 Å². The highest BCUT2D eigenvalue weighted by molar-refractivity contribution is 7.92. The van der Waals surface area contributed by atoms with Crippen molar-refractivity contribution in [2.45, 2.75) is 25.7 Å². The van der Waals surface area contributed by atoms with Gasteiger partial charge in [-0.3, -0.25) is 4.72 Å². The zero-order valence-electron chi connectivity index (χ0n) is 11.5. The fraction of sp³-hybridized carbons (Fsp3) is 0.308. The smallest absolute Gasteiger partial charge is 0.267 e. The van der Waals surface area contributed by atoms with Gasteiger partial charge in [-0.2, -0.15) is 0 Å². The molecular weight excluding hydrogens is 280 g/mol. The Morgan fingerprint density at radius 3 is 2.65 bits per heavy atom. The average molecular weight is 296 g/mol. The topological polar surface area (TPSA) is 81.4 Å². The van der Waals surface area contributed by atoms with E-state index in [0.717, 1.165) is 11.8 Å². The number of aromatic nitrogens is 1. The molecule has 0 aliphatic rings. The molecule has 2 rings (SSSR count). The van der Waals surface area contributed by atoms with Crippen LogP contribution in [0.25, 0.3) is 0 Å². The van der Waals surface area contributed by atoms with Crippen molar-refractivity contribution < 1.29 is 17.7 Å². The molecule has 6 nitrogen and oxygen atoms in total. The van der Waals surface area contributed by atoms with Crippen LogP contribution in [0.15, 0.2) is 33.9 Å². The highest BCUT2D eigenvalue weighted by atomic mass is 32.2. The maximum absolute atomic E-state index is 12.2. The van der Waals surface area contributed by atoms with Crippen LogP contribution in [0.1, 0.15) is 18.2 Å². The Morgan fingerprint density at radius 2 is 2.10 bits per heavy atom. The standard InChI is InChI=1S/C13H16N2O4S/c1-4-18-11-5-6-12(9(2)7-11)15-20(16,17)13-8-19-14-10(13)3/h5-8,15H,4H2,1-3H3. The Bertz CT molecular complexity index is 707. The summed E-state index contributed by atoms with van der Waals surface area (Å²) in [5.74, 6) is 0.703. The number of sulfonamides is 1. The zero-order valence-corrected chi connectivity index (χ0v) is 12.3. The molecule has 0 amide bonds. The summed E-state index contributed by atoms with van der Waals surface area (Å²) < 4.78 is 36.9. The Kier molecular flexibility index (Phi) is 3.99. The van der Waals surface area contributed by atoms with E-state index in [-0.39, 0.29) is 4.90 Å². The Hall–Kier alpha value is -2.02. The van der Waals surface area contributed by atoms with E-state index < -0.39 is 10.0 Å². The minimum Gasteiger partial charge on any atom is -0.494 e. The number of nitrogens with one attached hydrogen (secondary N) is 1. The summed E-state index contributed by atoms with van der Waals surface area (Å²) in [6.45, 7) is 5.83. The van der Waals surface area contributed by atoms with Gasteiger partial charge in [0.2, 0.25) is 0 Å². The van der Waals surface area contributed by atoms with Gasteiger partial charge in [-0.1, -0.05) is 5.16 Å². The third-order valence-corrected chi connectivity index (χ3v) is 4.21. The first-order valence-electron chi connectivity index (χ1n) is 6.11. The minimum atomic E-state index is -3.70. The quantitative estimate of drug-likeness (QED) is 0.916. The predicted molar refractivity (Wildman–Crippen MR) is 74.4 cm³/mol. The Balaban J connectivity index is 2.28. The number of aryl methyl sites for hydroxylation is 2. The van der Waals surface area contributed by atoms with Crippen molar-refractivity contribution in [1.82, 2.24) is 5.16 Å². The van der Waals surface area contributed by atoms with Crippen molar-refractivity contribution in [3.05, 3.63) is 35.7 Å². The molecule has 0 unspecified atom stereocenters. The van der Waals surface area contributed by atoms with E-state index in [0.29, 0.717) is 23.7 Å². The first-order valence-corrected chi connectivity index (χ1v) is 7.59. The zero-order chi connectivity index (χ0) is 14.8. The van der Waals surface area contributed by atoms with E-state index in [1.165, 1.54) is 0 Å². The number of benzene rings is 1. The van der Waals surface area contributed by atoms with Crippen molar-refractivity contribution in [1.29, 1.82) is 0 Å². The number of nitrogens with zero attached hydrogens (tertiary/aromatic N) is 1. The van der Waals surface area contributed by atoms with Crippen LogP contribution in [-0.4, -0.2) is 20.2 Å². The van der Waals surface area contributed by atoms with Crippen molar-refractivity contribution in [2.24, 2.45) is 0 Å². The summed E-state index contributed by atoms with van der Waals surface area (Å²) in [4.78, 5) is 0.0331. The minimum absolute atomic E-state index is 0.0331. The normalized spacial score (nSPS) is 11.3. The van der Waals surface area contributed by atoms with Crippen molar-refractivity contribution >= 4 is 15.7 Å². The molecule has 0 bridgehead atoms. The fourth-order valence-corrected chi connectivity index (χ4v) is 2.97. The summed E-state index contributed by atoms with van der Waals surface area (Å²) in [6, 6.07) is 5.16. The first-order chi connectivity index (χ1) is 9.44. The molecule has 108 valence electrons. The number of anilines is 1. The maximum atomic E-state index is 12.2. The van der Waals surface area contributed by atoms with E-state index >= 15 is 0 Å². The van der Waals surface area contributed by atoms with Gasteiger partial charge >= 0.3 is 0 Å². The maximum Gasteiger partial charge on any atom is 0.267 e. The van der Waals surface area contributed by atoms with Crippen molar-refractivity contribution in [3.8, 4) is 5.75 Å². The second-order valence-electron chi connectivity index (χ2n) is 4.28. The van der Waals surface area contributed by atoms with Gasteiger partial charge < -0.3 is 9.26 Å². The lowest BCUT2D eigenvalue weighted by atomic mass is 10.2. The van der Waals surface area contributed by atoms with Gasteiger partial charge in [0.1, 0.15) is 22.6 Å². The van der Waals surface area contributed by atoms with E-state index in [2.05, 4.69) is 14.4 Å². The molecule has 0 aliphatic heterocycles. The van der Waals surface area contributed by atoms with Crippen LogP contribution in [0.3, 0.4) is 0 Å². The monoisotopic (exact) mass is 296 g/mol. The molecule has 20 heavy (non-hydrogen) atoms. The third-order valence-electron chi connectivity index (χ3n) is 2.75. The SMILES string of the molecule is CCOc1ccc(NS(=O)(=O)c2conc2C)c(C)c1. The van der Waals surface area contributed by atoms with Crippen LogP contribution >= 0.6 is 0 Å². The molecule has 1 aromatic heterocycles. The summed E-state index contributed by atoms with van der Waals surface area (Å²) >= 11 is 0. The van der Waals surface area contributed by atoms with Crippen LogP contribution in [0.4, 0.5) is 5.69 Å². The molecular formula is C13H16N2O4S. The fourth-order valence-electron chi connectivity index (χ4n) is 1.75. The van der Waals surface area contributed by atoms with Crippen LogP contribution in [0.2, 0.25) is 0 Å². The molecule has 0 atom stereocenters. The first kappa shape index (κ1) is 14.4. The number of hydrogen-bond donors (Lipinski definition) is 1. The van der Waals surface area contributed by atoms with Gasteiger partial charge in [-0.05, 0) is 44.5 Å². The van der Waals surface area contributed by atoms with Gasteiger partial charge in [-0.25, -0.2) is 8.42 Å². The molecule has 1 heterocycles. The van der Waals surface area contributed by atoms with Gasteiger partial charge in [-0.15, -0.1) is 0 Å². The molecule has 0 aliphatic carbocycles. The van der Waals surface area contributed by atoms with E-state index in [9.17, 15) is 8.42 Å². The second-order valence-corrected chi connectivity index (χ2v) is 5.93. The largest absolute Gasteiger partial charge is 0.494 e. The number of hydrogen-bond acceptors (Lipinski definition) is 5. The highest BCUT2D eigenvalue weighted by Crippen LogP contribution is 2.24. The highest BCUT2D eigenvalue weighted by Gasteiger charge is 2.21. The molecule has 0 spiro atoms. The Labute approximate surface area is 117 Å². The summed E-state index contributed by atoms with van der Waals surface area (Å²) in [7, 11) is -3.70. The molecule has 1 aromatic carbocycles. The molecule has 0 radical (unpaired) electrons. The van der Waals surface area contributed by atoms with Gasteiger partial charge in [0.05, 0.1) is 12.3 Å². The van der Waals surface area contributed by atoms with Crippen LogP contribution in [-0.2, 0) is 10.0 Å². The summed E-state index contributed by atoms with van der Waals surface area (Å²) in [6.07, 6.45) is 1.11. The average Bonchev–Trinajstić information content (AvgIpc) is 2.80. The van der Waals surface area contributed by atoms with Crippen LogP contribution in [0, 0.1) is 13.8 Å². The summed E-state index contributed by atoms with van der Waals surface area (Å²) in [5.41, 5.74) is 1.59. The van der Waals surface area contributed by atoms with Gasteiger partial charge in [0.15, 0.2) is 0 Å². The molecule has 0 fully saturated rings. The lowest BCUT2D eigenvalue weighted by Gasteiger charge is -2.11. The molecule has 0 saturated carbocycles.